The van der Waals surface area contributed by atoms with Crippen molar-refractivity contribution >= 4 is 34.9 Å². The van der Waals surface area contributed by atoms with Crippen molar-refractivity contribution in [3.8, 4) is 11.5 Å². The first-order chi connectivity index (χ1) is 10.8. The Labute approximate surface area is 166 Å². The first kappa shape index (κ1) is 22.2. The van der Waals surface area contributed by atoms with Gasteiger partial charge in [-0.15, -0.1) is 22.4 Å². The predicted molar refractivity (Wildman–Crippen MR) is 83.1 cm³/mol. The number of nitrogens with zero attached hydrogens (tertiary/aromatic N) is 2. The van der Waals surface area contributed by atoms with E-state index in [1.165, 1.54) is 0 Å². The maximum atomic E-state index is 9.97. The van der Waals surface area contributed by atoms with Gasteiger partial charge in [0.25, 0.3) is 11.8 Å². The van der Waals surface area contributed by atoms with Crippen molar-refractivity contribution in [2.24, 2.45) is 10.2 Å². The third-order valence-electron chi connectivity index (χ3n) is 2.46. The average Bonchev–Trinajstić information content (AvgIpc) is 3.18. The maximum absolute atomic E-state index is 9.97. The number of rotatable bonds is 0. The molecule has 2 aliphatic rings. The van der Waals surface area contributed by atoms with Crippen LogP contribution in [0.2, 0.25) is 0 Å². The normalized spacial score (nSPS) is 12.7. The van der Waals surface area contributed by atoms with Crippen molar-refractivity contribution in [3.63, 3.8) is 0 Å². The number of amides is 2. The molecule has 0 atom stereocenters. The summed E-state index contributed by atoms with van der Waals surface area (Å²) in [6.45, 7) is 0.340. The second-order valence-electron chi connectivity index (χ2n) is 4.10. The van der Waals surface area contributed by atoms with Gasteiger partial charge in [-0.05, 0) is 0 Å². The fourth-order valence-corrected chi connectivity index (χ4v) is 1.49. The molecule has 8 heteroatoms. The van der Waals surface area contributed by atoms with Crippen molar-refractivity contribution in [3.05, 3.63) is 60.7 Å². The van der Waals surface area contributed by atoms with Crippen LogP contribution in [-0.4, -0.2) is 41.7 Å². The Kier molecular flexibility index (Phi) is 11.7. The first-order valence-electron chi connectivity index (χ1n) is 6.49. The molecule has 0 unspecified atom stereocenters. The molecule has 2 amide bonds. The van der Waals surface area contributed by atoms with Crippen LogP contribution < -0.4 is 26.5 Å². The van der Waals surface area contributed by atoms with Gasteiger partial charge in [-0.3, -0.25) is 9.59 Å². The van der Waals surface area contributed by atoms with Gasteiger partial charge in [-0.25, -0.2) is 0 Å². The van der Waals surface area contributed by atoms with Crippen LogP contribution in [0.5, 0.6) is 11.5 Å². The van der Waals surface area contributed by atoms with Gasteiger partial charge < -0.3 is 26.5 Å². The topological polar surface area (TPSA) is 77.3 Å². The predicted octanol–water partition coefficient (Wildman–Crippen LogP) is -0.579. The molecule has 2 aromatic rings. The van der Waals surface area contributed by atoms with E-state index in [1.54, 1.807) is 12.1 Å². The number of benzene rings is 2. The summed E-state index contributed by atoms with van der Waals surface area (Å²) in [5, 5.41) is 5.91. The zero-order chi connectivity index (χ0) is 15.6. The fraction of sp³-hybridized carbons (Fsp3) is 0.125. The minimum atomic E-state index is -0.440. The number of azo groups is 1. The number of carbonyl (C=O) groups excluding carboxylic acids is 2. The molecule has 0 aliphatic carbocycles. The van der Waals surface area contributed by atoms with Crippen molar-refractivity contribution < 1.29 is 36.0 Å². The molecule has 6 nitrogen and oxygen atoms in total. The van der Waals surface area contributed by atoms with Crippen LogP contribution in [0.3, 0.4) is 0 Å². The summed E-state index contributed by atoms with van der Waals surface area (Å²) in [7, 11) is 0. The molecule has 0 N–H and O–H groups in total. The number of hydrogen-bond acceptors (Lipinski definition) is 4. The van der Waals surface area contributed by atoms with E-state index in [9.17, 15) is 9.59 Å². The molecule has 24 heavy (non-hydrogen) atoms. The van der Waals surface area contributed by atoms with Gasteiger partial charge in [-0.1, -0.05) is 36.4 Å². The summed E-state index contributed by atoms with van der Waals surface area (Å²) in [6, 6.07) is 20.3. The fourth-order valence-electron chi connectivity index (χ4n) is 1.49. The van der Waals surface area contributed by atoms with Gasteiger partial charge >= 0.3 is 23.1 Å². The van der Waals surface area contributed by atoms with E-state index in [2.05, 4.69) is 16.3 Å². The SMILES string of the molecule is O=C1CC(=O)N=N1.[Br-].[Mg+2].[c-]1ccc2c(c1)OCO2.c1ccccc1. The van der Waals surface area contributed by atoms with Crippen LogP contribution in [0.1, 0.15) is 6.42 Å². The molecule has 2 aromatic carbocycles. The smallest absolute Gasteiger partial charge is 1.00 e. The third-order valence-corrected chi connectivity index (χ3v) is 2.46. The third kappa shape index (κ3) is 8.18. The largest absolute Gasteiger partial charge is 2.00 e. The number of halogens is 1. The maximum Gasteiger partial charge on any atom is 2.00 e. The second kappa shape index (κ2) is 12.6. The van der Waals surface area contributed by atoms with Gasteiger partial charge in [0.05, 0.1) is 11.5 Å². The second-order valence-corrected chi connectivity index (χ2v) is 4.10. The Morgan fingerprint density at radius 1 is 0.875 bits per heavy atom. The average molecular weight is 401 g/mol. The van der Waals surface area contributed by atoms with Crippen molar-refractivity contribution in [2.75, 3.05) is 6.79 Å². The van der Waals surface area contributed by atoms with E-state index in [1.807, 2.05) is 42.5 Å². The number of ether oxygens (including phenoxy) is 2. The van der Waals surface area contributed by atoms with Gasteiger partial charge in [0, 0.05) is 0 Å². The molecule has 0 radical (unpaired) electrons. The van der Waals surface area contributed by atoms with Gasteiger partial charge in [0.15, 0.2) is 0 Å². The molecule has 0 bridgehead atoms. The van der Waals surface area contributed by atoms with Crippen LogP contribution in [-0.2, 0) is 9.59 Å². The molecule has 0 saturated heterocycles. The first-order valence-corrected chi connectivity index (χ1v) is 6.49. The molecule has 0 spiro atoms. The van der Waals surface area contributed by atoms with E-state index in [4.69, 9.17) is 9.47 Å². The Balaban J connectivity index is 0.000000325. The summed E-state index contributed by atoms with van der Waals surface area (Å²) < 4.78 is 10.1. The molecule has 0 aromatic heterocycles. The number of fused-ring (bicyclic) bond motifs is 1. The van der Waals surface area contributed by atoms with Crippen molar-refractivity contribution in [1.82, 2.24) is 0 Å². The van der Waals surface area contributed by atoms with E-state index in [0.717, 1.165) is 11.5 Å². The zero-order valence-corrected chi connectivity index (χ0v) is 15.7. The van der Waals surface area contributed by atoms with Crippen LogP contribution in [0, 0.1) is 6.07 Å². The van der Waals surface area contributed by atoms with Crippen LogP contribution >= 0.6 is 0 Å². The molecule has 4 rings (SSSR count). The molecule has 0 saturated carbocycles. The Morgan fingerprint density at radius 2 is 1.38 bits per heavy atom. The van der Waals surface area contributed by atoms with E-state index >= 15 is 0 Å². The summed E-state index contributed by atoms with van der Waals surface area (Å²) in [6.07, 6.45) is -0.139. The summed E-state index contributed by atoms with van der Waals surface area (Å²) in [5.41, 5.74) is 0. The van der Waals surface area contributed by atoms with Crippen LogP contribution in [0.15, 0.2) is 64.8 Å². The number of carbonyl (C=O) groups is 2. The van der Waals surface area contributed by atoms with Gasteiger partial charge in [0.1, 0.15) is 6.42 Å². The minimum absolute atomic E-state index is 0. The zero-order valence-electron chi connectivity index (χ0n) is 12.7. The van der Waals surface area contributed by atoms with E-state index in [0.29, 0.717) is 6.79 Å². The van der Waals surface area contributed by atoms with Gasteiger partial charge in [-0.2, -0.15) is 12.1 Å². The monoisotopic (exact) mass is 400 g/mol. The molecular weight excluding hydrogens is 388 g/mol. The quantitative estimate of drug-likeness (QED) is 0.336. The molecular formula is C16H13BrMgN2O4. The van der Waals surface area contributed by atoms with Gasteiger partial charge in [0.2, 0.25) is 6.79 Å². The number of hydrogen-bond donors (Lipinski definition) is 0. The Bertz CT molecular complexity index is 602. The Hall–Kier alpha value is -1.77. The van der Waals surface area contributed by atoms with E-state index in [-0.39, 0.29) is 46.5 Å². The van der Waals surface area contributed by atoms with Crippen molar-refractivity contribution in [2.45, 2.75) is 6.42 Å². The summed E-state index contributed by atoms with van der Waals surface area (Å²) >= 11 is 0. The minimum Gasteiger partial charge on any atom is -1.00 e. The van der Waals surface area contributed by atoms with Crippen LogP contribution in [0.4, 0.5) is 0 Å². The molecule has 2 heterocycles. The van der Waals surface area contributed by atoms with E-state index < -0.39 is 11.8 Å². The molecule has 2 aliphatic heterocycles. The summed E-state index contributed by atoms with van der Waals surface area (Å²) in [5.74, 6) is 0.723. The Morgan fingerprint density at radius 3 is 1.79 bits per heavy atom. The molecule has 120 valence electrons. The van der Waals surface area contributed by atoms with Crippen LogP contribution in [0.25, 0.3) is 0 Å². The summed E-state index contributed by atoms with van der Waals surface area (Å²) in [4.78, 5) is 19.9. The molecule has 0 fully saturated rings. The van der Waals surface area contributed by atoms with Crippen molar-refractivity contribution in [1.29, 1.82) is 0 Å². The standard InChI is InChI=1S/C7H5O2.C6H6.C3H2N2O2.BrH.Mg/c1-2-4-7-6(3-1)8-5-9-7;1-2-4-6-5-3-1;6-2-1-3(7)5-4-2;;/h1,3-4H,5H2;1-6H;1H2;1H;/q-1;;;;+2/p-1.